The number of nitrogens with two attached hydrogens (primary N) is 1. The van der Waals surface area contributed by atoms with E-state index in [2.05, 4.69) is 25.9 Å². The maximum absolute atomic E-state index is 5.69. The highest BCUT2D eigenvalue weighted by atomic mass is 79.9. The van der Waals surface area contributed by atoms with Crippen molar-refractivity contribution in [3.8, 4) is 11.6 Å². The van der Waals surface area contributed by atoms with Crippen LogP contribution in [0.1, 0.15) is 0 Å². The van der Waals surface area contributed by atoms with Gasteiger partial charge in [0.1, 0.15) is 5.75 Å². The van der Waals surface area contributed by atoms with E-state index >= 15 is 0 Å². The summed E-state index contributed by atoms with van der Waals surface area (Å²) in [5.74, 6) is 0.979. The fourth-order valence-corrected chi connectivity index (χ4v) is 1.39. The summed E-state index contributed by atoms with van der Waals surface area (Å²) in [5.41, 5.74) is 6.18. The Bertz CT molecular complexity index is 476. The molecule has 0 aliphatic carbocycles. The first-order chi connectivity index (χ1) is 7.25. The van der Waals surface area contributed by atoms with Crippen LogP contribution in [0.3, 0.4) is 0 Å². The van der Waals surface area contributed by atoms with Gasteiger partial charge in [0.15, 0.2) is 0 Å². The van der Waals surface area contributed by atoms with Crippen molar-refractivity contribution in [3.05, 3.63) is 41.3 Å². The molecule has 0 aromatic carbocycles. The van der Waals surface area contributed by atoms with E-state index in [1.807, 2.05) is 0 Å². The molecule has 0 unspecified atom stereocenters. The molecule has 0 amide bonds. The molecule has 4 nitrogen and oxygen atoms in total. The normalized spacial score (nSPS) is 9.93. The molecule has 15 heavy (non-hydrogen) atoms. The van der Waals surface area contributed by atoms with E-state index in [0.29, 0.717) is 17.3 Å². The second-order valence-corrected chi connectivity index (χ2v) is 3.75. The summed E-state index contributed by atoms with van der Waals surface area (Å²) in [5, 5.41) is 0. The van der Waals surface area contributed by atoms with Gasteiger partial charge < -0.3 is 10.5 Å². The van der Waals surface area contributed by atoms with Gasteiger partial charge in [0.05, 0.1) is 11.9 Å². The molecule has 0 saturated carbocycles. The summed E-state index contributed by atoms with van der Waals surface area (Å²) >= 11 is 3.30. The fraction of sp³-hybridized carbons (Fsp3) is 0. The fourth-order valence-electron chi connectivity index (χ4n) is 1.05. The van der Waals surface area contributed by atoms with Gasteiger partial charge in [-0.05, 0) is 34.1 Å². The Kier molecular flexibility index (Phi) is 2.82. The van der Waals surface area contributed by atoms with Crippen molar-refractivity contribution < 1.29 is 4.74 Å². The molecule has 76 valence electrons. The standard InChI is InChI=1S/C10H8BrN3O/c11-7-4-8(6-13-5-7)15-10-9(12)2-1-3-14-10/h1-6H,12H2. The van der Waals surface area contributed by atoms with Crippen LogP contribution in [-0.2, 0) is 0 Å². The Morgan fingerprint density at radius 2 is 2.20 bits per heavy atom. The highest BCUT2D eigenvalue weighted by Crippen LogP contribution is 2.25. The summed E-state index contributed by atoms with van der Waals surface area (Å²) < 4.78 is 6.30. The third-order valence-corrected chi connectivity index (χ3v) is 2.13. The molecule has 2 rings (SSSR count). The zero-order valence-corrected chi connectivity index (χ0v) is 9.31. The minimum Gasteiger partial charge on any atom is -0.435 e. The van der Waals surface area contributed by atoms with Crippen molar-refractivity contribution in [2.45, 2.75) is 0 Å². The first kappa shape index (κ1) is 9.92. The van der Waals surface area contributed by atoms with E-state index < -0.39 is 0 Å². The summed E-state index contributed by atoms with van der Waals surface area (Å²) in [6.07, 6.45) is 4.89. The van der Waals surface area contributed by atoms with Crippen molar-refractivity contribution in [1.29, 1.82) is 0 Å². The lowest BCUT2D eigenvalue weighted by molar-refractivity contribution is 0.463. The molecular weight excluding hydrogens is 258 g/mol. The van der Waals surface area contributed by atoms with Gasteiger partial charge >= 0.3 is 0 Å². The molecule has 0 saturated heterocycles. The molecule has 0 spiro atoms. The molecule has 0 aliphatic heterocycles. The zero-order valence-electron chi connectivity index (χ0n) is 7.72. The molecule has 0 fully saturated rings. The van der Waals surface area contributed by atoms with Crippen LogP contribution in [-0.4, -0.2) is 9.97 Å². The maximum Gasteiger partial charge on any atom is 0.242 e. The van der Waals surface area contributed by atoms with Gasteiger partial charge in [-0.3, -0.25) is 4.98 Å². The number of halogens is 1. The third kappa shape index (κ3) is 2.44. The van der Waals surface area contributed by atoms with Crippen LogP contribution in [0.5, 0.6) is 11.6 Å². The molecule has 2 N–H and O–H groups in total. The van der Waals surface area contributed by atoms with Gasteiger partial charge in [-0.25, -0.2) is 4.98 Å². The first-order valence-electron chi connectivity index (χ1n) is 4.24. The summed E-state index contributed by atoms with van der Waals surface area (Å²) in [6, 6.07) is 5.27. The Morgan fingerprint density at radius 1 is 1.33 bits per heavy atom. The number of nitrogens with zero attached hydrogens (tertiary/aromatic N) is 2. The highest BCUT2D eigenvalue weighted by molar-refractivity contribution is 9.10. The zero-order chi connectivity index (χ0) is 10.7. The predicted octanol–water partition coefficient (Wildman–Crippen LogP) is 2.61. The van der Waals surface area contributed by atoms with Gasteiger partial charge in [-0.15, -0.1) is 0 Å². The number of hydrogen-bond donors (Lipinski definition) is 1. The van der Waals surface area contributed by atoms with Crippen LogP contribution in [0.15, 0.2) is 41.3 Å². The molecule has 2 aromatic heterocycles. The lowest BCUT2D eigenvalue weighted by Gasteiger charge is -2.05. The molecule has 0 aliphatic rings. The van der Waals surface area contributed by atoms with Crippen LogP contribution in [0.4, 0.5) is 5.69 Å². The number of nitrogen functional groups attached to an aromatic ring is 1. The van der Waals surface area contributed by atoms with Gasteiger partial charge in [0.2, 0.25) is 5.88 Å². The largest absolute Gasteiger partial charge is 0.435 e. The predicted molar refractivity (Wildman–Crippen MR) is 60.7 cm³/mol. The summed E-state index contributed by atoms with van der Waals surface area (Å²) in [4.78, 5) is 7.98. The number of ether oxygens (including phenoxy) is 1. The van der Waals surface area contributed by atoms with Crippen LogP contribution < -0.4 is 10.5 Å². The van der Waals surface area contributed by atoms with Crippen LogP contribution >= 0.6 is 15.9 Å². The molecule has 0 atom stereocenters. The lowest BCUT2D eigenvalue weighted by atomic mass is 10.4. The van der Waals surface area contributed by atoms with E-state index in [4.69, 9.17) is 10.5 Å². The van der Waals surface area contributed by atoms with Gasteiger partial charge in [-0.1, -0.05) is 0 Å². The number of aromatic nitrogens is 2. The molecule has 0 radical (unpaired) electrons. The van der Waals surface area contributed by atoms with Crippen molar-refractivity contribution in [3.63, 3.8) is 0 Å². The van der Waals surface area contributed by atoms with Gasteiger partial charge in [0.25, 0.3) is 0 Å². The van der Waals surface area contributed by atoms with Crippen molar-refractivity contribution in [2.24, 2.45) is 0 Å². The van der Waals surface area contributed by atoms with Gasteiger partial charge in [-0.2, -0.15) is 0 Å². The number of anilines is 1. The van der Waals surface area contributed by atoms with Crippen molar-refractivity contribution in [2.75, 3.05) is 5.73 Å². The molecule has 5 heteroatoms. The average Bonchev–Trinajstić information content (AvgIpc) is 2.22. The second kappa shape index (κ2) is 4.27. The Hall–Kier alpha value is -1.62. The van der Waals surface area contributed by atoms with E-state index in [0.717, 1.165) is 4.47 Å². The minimum absolute atomic E-state index is 0.386. The third-order valence-electron chi connectivity index (χ3n) is 1.69. The van der Waals surface area contributed by atoms with E-state index in [1.54, 1.807) is 36.8 Å². The van der Waals surface area contributed by atoms with Crippen molar-refractivity contribution >= 4 is 21.6 Å². The molecular formula is C10H8BrN3O. The SMILES string of the molecule is Nc1cccnc1Oc1cncc(Br)c1. The van der Waals surface area contributed by atoms with Crippen LogP contribution in [0.25, 0.3) is 0 Å². The lowest BCUT2D eigenvalue weighted by Crippen LogP contribution is -1.94. The van der Waals surface area contributed by atoms with E-state index in [9.17, 15) is 0 Å². The highest BCUT2D eigenvalue weighted by Gasteiger charge is 2.02. The van der Waals surface area contributed by atoms with Gasteiger partial charge in [0, 0.05) is 16.9 Å². The monoisotopic (exact) mass is 265 g/mol. The van der Waals surface area contributed by atoms with Crippen LogP contribution in [0.2, 0.25) is 0 Å². The number of hydrogen-bond acceptors (Lipinski definition) is 4. The Morgan fingerprint density at radius 3 is 2.93 bits per heavy atom. The smallest absolute Gasteiger partial charge is 0.242 e. The Labute approximate surface area is 95.2 Å². The topological polar surface area (TPSA) is 61.0 Å². The minimum atomic E-state index is 0.386. The number of pyridine rings is 2. The first-order valence-corrected chi connectivity index (χ1v) is 5.04. The molecule has 0 bridgehead atoms. The summed E-state index contributed by atoms with van der Waals surface area (Å²) in [7, 11) is 0. The van der Waals surface area contributed by atoms with E-state index in [1.165, 1.54) is 0 Å². The molecule has 2 aromatic rings. The average molecular weight is 266 g/mol. The molecule has 2 heterocycles. The van der Waals surface area contributed by atoms with Crippen molar-refractivity contribution in [1.82, 2.24) is 9.97 Å². The Balaban J connectivity index is 2.26. The number of rotatable bonds is 2. The maximum atomic E-state index is 5.69. The van der Waals surface area contributed by atoms with E-state index in [-0.39, 0.29) is 0 Å². The summed E-state index contributed by atoms with van der Waals surface area (Å²) in [6.45, 7) is 0. The quantitative estimate of drug-likeness (QED) is 0.907. The van der Waals surface area contributed by atoms with Crippen LogP contribution in [0, 0.1) is 0 Å². The second-order valence-electron chi connectivity index (χ2n) is 2.84.